The highest BCUT2D eigenvalue weighted by Crippen LogP contribution is 2.22. The van der Waals surface area contributed by atoms with Crippen LogP contribution in [0.15, 0.2) is 72.8 Å². The van der Waals surface area contributed by atoms with Crippen LogP contribution in [0.3, 0.4) is 0 Å². The van der Waals surface area contributed by atoms with Crippen molar-refractivity contribution >= 4 is 41.6 Å². The van der Waals surface area contributed by atoms with Crippen LogP contribution in [0, 0.1) is 0 Å². The predicted molar refractivity (Wildman–Crippen MR) is 155 cm³/mol. The van der Waals surface area contributed by atoms with Crippen LogP contribution in [-0.4, -0.2) is 76.9 Å². The lowest BCUT2D eigenvalue weighted by atomic mass is 10.1. The number of carbonyl (C=O) groups excluding carboxylic acids is 6. The number of hydrogen-bond donors (Lipinski definition) is 4. The van der Waals surface area contributed by atoms with E-state index < -0.39 is 58.7 Å². The smallest absolute Gasteiger partial charge is 0.480 e. The molecule has 0 spiro atoms. The van der Waals surface area contributed by atoms with Gasteiger partial charge in [-0.3, -0.25) is 14.4 Å². The van der Waals surface area contributed by atoms with Gasteiger partial charge in [0.1, 0.15) is 19.2 Å². The second-order valence-electron chi connectivity index (χ2n) is 10.1. The molecule has 0 fully saturated rings. The molecule has 0 bridgehead atoms. The molecule has 0 unspecified atom stereocenters. The summed E-state index contributed by atoms with van der Waals surface area (Å²) < 4.78 is 4.20. The molecule has 0 saturated heterocycles. The SMILES string of the molecule is O=C(CCCCC[N+]1(C(=O)OCc2ccccc2)C(=O)C=CC1=O)NCC(=O)NCC(=O)N[C@@H](Cc1ccccc1)C(=O)O. The van der Waals surface area contributed by atoms with Crippen LogP contribution in [0.2, 0.25) is 0 Å². The van der Waals surface area contributed by atoms with Gasteiger partial charge in [0.2, 0.25) is 17.7 Å². The molecule has 0 radical (unpaired) electrons. The molecule has 2 aromatic carbocycles. The first kappa shape index (κ1) is 33.3. The van der Waals surface area contributed by atoms with Crippen LogP contribution >= 0.6 is 0 Å². The normalized spacial score (nSPS) is 14.0. The summed E-state index contributed by atoms with van der Waals surface area (Å²) in [4.78, 5) is 85.8. The average Bonchev–Trinajstić information content (AvgIpc) is 3.31. The Morgan fingerprint density at radius 1 is 0.727 bits per heavy atom. The largest absolute Gasteiger partial charge is 0.532 e. The molecule has 1 aliphatic rings. The zero-order valence-electron chi connectivity index (χ0n) is 24.0. The maximum atomic E-state index is 12.8. The Labute approximate surface area is 253 Å². The Hall–Kier alpha value is -5.17. The number of carbonyl (C=O) groups is 7. The minimum absolute atomic E-state index is 0.0478. The van der Waals surface area contributed by atoms with Crippen molar-refractivity contribution in [2.45, 2.75) is 44.8 Å². The first-order valence-electron chi connectivity index (χ1n) is 14.1. The number of aliphatic carboxylic acids is 1. The standard InChI is InChI=1S/C31H34N4O9/c36-25(32-19-26(37)33-20-27(38)34-24(30(41)42)18-22-10-4-1-5-11-22)14-8-3-9-17-35(28(39)15-16-29(35)40)31(43)44-21-23-12-6-2-7-13-23/h1-2,4-7,10-13,15-16,24H,3,8-9,14,17-21H2,(H3-,32,33,34,36,37,38,41,42)/p+1/t24-/m0/s1. The zero-order valence-corrected chi connectivity index (χ0v) is 24.0. The molecule has 1 aliphatic heterocycles. The number of quaternary nitrogens is 1. The molecule has 232 valence electrons. The number of unbranched alkanes of at least 4 members (excludes halogenated alkanes) is 2. The van der Waals surface area contributed by atoms with Gasteiger partial charge in [-0.1, -0.05) is 65.1 Å². The molecule has 2 aromatic rings. The second kappa shape index (κ2) is 16.5. The maximum absolute atomic E-state index is 12.8. The van der Waals surface area contributed by atoms with Crippen molar-refractivity contribution in [3.63, 3.8) is 0 Å². The lowest BCUT2D eigenvalue weighted by Crippen LogP contribution is -2.58. The fourth-order valence-electron chi connectivity index (χ4n) is 4.44. The fraction of sp³-hybridized carbons (Fsp3) is 0.323. The summed E-state index contributed by atoms with van der Waals surface area (Å²) in [5.41, 5.74) is 1.43. The second-order valence-corrected chi connectivity index (χ2v) is 10.1. The van der Waals surface area contributed by atoms with E-state index in [1.807, 2.05) is 0 Å². The van der Waals surface area contributed by atoms with Gasteiger partial charge in [-0.25, -0.2) is 14.4 Å². The summed E-state index contributed by atoms with van der Waals surface area (Å²) in [5, 5.41) is 16.5. The van der Waals surface area contributed by atoms with Gasteiger partial charge in [0.05, 0.1) is 25.2 Å². The summed E-state index contributed by atoms with van der Waals surface area (Å²) >= 11 is 0. The molecule has 3 rings (SSSR count). The van der Waals surface area contributed by atoms with Gasteiger partial charge in [-0.15, -0.1) is 0 Å². The Kier molecular flexibility index (Phi) is 12.5. The van der Waals surface area contributed by atoms with Gasteiger partial charge in [0, 0.05) is 12.8 Å². The summed E-state index contributed by atoms with van der Waals surface area (Å²) in [6.45, 7) is -1.05. The third-order valence-corrected chi connectivity index (χ3v) is 6.84. The zero-order chi connectivity index (χ0) is 32.0. The van der Waals surface area contributed by atoms with Crippen molar-refractivity contribution in [1.29, 1.82) is 0 Å². The van der Waals surface area contributed by atoms with Gasteiger partial charge in [-0.2, -0.15) is 4.79 Å². The van der Waals surface area contributed by atoms with Crippen molar-refractivity contribution in [2.24, 2.45) is 0 Å². The van der Waals surface area contributed by atoms with Gasteiger partial charge < -0.3 is 25.8 Å². The molecule has 0 aromatic heterocycles. The van der Waals surface area contributed by atoms with E-state index in [-0.39, 0.29) is 39.0 Å². The first-order valence-corrected chi connectivity index (χ1v) is 14.1. The molecule has 4 N–H and O–H groups in total. The fourth-order valence-corrected chi connectivity index (χ4v) is 4.44. The van der Waals surface area contributed by atoms with Crippen molar-refractivity contribution in [3.8, 4) is 0 Å². The predicted octanol–water partition coefficient (Wildman–Crippen LogP) is 1.37. The van der Waals surface area contributed by atoms with Gasteiger partial charge in [-0.05, 0) is 30.4 Å². The van der Waals surface area contributed by atoms with Gasteiger partial charge >= 0.3 is 23.9 Å². The molecule has 44 heavy (non-hydrogen) atoms. The molecular weight excluding hydrogens is 572 g/mol. The number of benzene rings is 2. The number of amides is 6. The quantitative estimate of drug-likeness (QED) is 0.124. The highest BCUT2D eigenvalue weighted by atomic mass is 16.6. The van der Waals surface area contributed by atoms with Crippen LogP contribution in [0.5, 0.6) is 0 Å². The maximum Gasteiger partial charge on any atom is 0.532 e. The lowest BCUT2D eigenvalue weighted by molar-refractivity contribution is -0.698. The molecule has 1 heterocycles. The van der Waals surface area contributed by atoms with Crippen molar-refractivity contribution in [3.05, 3.63) is 83.9 Å². The van der Waals surface area contributed by atoms with E-state index in [2.05, 4.69) is 16.0 Å². The number of imide groups is 3. The van der Waals surface area contributed by atoms with Crippen LogP contribution < -0.4 is 16.0 Å². The van der Waals surface area contributed by atoms with E-state index in [0.29, 0.717) is 18.4 Å². The lowest BCUT2D eigenvalue weighted by Gasteiger charge is -2.24. The molecule has 0 saturated carbocycles. The summed E-state index contributed by atoms with van der Waals surface area (Å²) in [6.07, 6.45) is 2.35. The van der Waals surface area contributed by atoms with Crippen LogP contribution in [-0.2, 0) is 46.5 Å². The Bertz CT molecular complexity index is 1380. The third kappa shape index (κ3) is 9.70. The molecule has 13 heteroatoms. The van der Waals surface area contributed by atoms with E-state index in [9.17, 15) is 38.7 Å². The third-order valence-electron chi connectivity index (χ3n) is 6.84. The van der Waals surface area contributed by atoms with Crippen LogP contribution in [0.25, 0.3) is 0 Å². The van der Waals surface area contributed by atoms with E-state index in [0.717, 1.165) is 17.7 Å². The summed E-state index contributed by atoms with van der Waals surface area (Å²) in [5.74, 6) is -4.33. The van der Waals surface area contributed by atoms with E-state index in [1.165, 1.54) is 0 Å². The van der Waals surface area contributed by atoms with E-state index in [1.54, 1.807) is 60.7 Å². The number of carboxylic acids is 1. The van der Waals surface area contributed by atoms with Crippen molar-refractivity contribution in [2.75, 3.05) is 19.6 Å². The van der Waals surface area contributed by atoms with E-state index >= 15 is 0 Å². The number of hydrogen-bond acceptors (Lipinski definition) is 8. The number of ether oxygens (including phenoxy) is 1. The summed E-state index contributed by atoms with van der Waals surface area (Å²) in [6, 6.07) is 16.5. The number of rotatable bonds is 16. The highest BCUT2D eigenvalue weighted by Gasteiger charge is 2.54. The minimum Gasteiger partial charge on any atom is -0.480 e. The van der Waals surface area contributed by atoms with Gasteiger partial charge in [0.15, 0.2) is 0 Å². The summed E-state index contributed by atoms with van der Waals surface area (Å²) in [7, 11) is 0. The topological polar surface area (TPSA) is 185 Å². The molecular formula is C31H35N4O9+. The Balaban J connectivity index is 1.33. The van der Waals surface area contributed by atoms with Gasteiger partial charge in [0.25, 0.3) is 0 Å². The number of carboxylic acid groups (broad SMARTS) is 1. The number of nitrogens with zero attached hydrogens (tertiary/aromatic N) is 1. The Morgan fingerprint density at radius 2 is 1.30 bits per heavy atom. The van der Waals surface area contributed by atoms with E-state index in [4.69, 9.17) is 4.74 Å². The number of nitrogens with one attached hydrogen (secondary N) is 3. The van der Waals surface area contributed by atoms with Crippen molar-refractivity contribution < 1.29 is 47.9 Å². The molecule has 13 nitrogen and oxygen atoms in total. The molecule has 0 aliphatic carbocycles. The van der Waals surface area contributed by atoms with Crippen LogP contribution in [0.1, 0.15) is 36.8 Å². The highest BCUT2D eigenvalue weighted by molar-refractivity contribution is 6.10. The molecule has 6 amide bonds. The first-order chi connectivity index (χ1) is 21.1. The molecule has 1 atom stereocenters. The average molecular weight is 608 g/mol. The van der Waals surface area contributed by atoms with Crippen molar-refractivity contribution in [1.82, 2.24) is 16.0 Å². The Morgan fingerprint density at radius 3 is 1.91 bits per heavy atom. The minimum atomic E-state index is -1.21. The van der Waals surface area contributed by atoms with Crippen LogP contribution in [0.4, 0.5) is 4.79 Å². The monoisotopic (exact) mass is 607 g/mol.